The fraction of sp³-hybridized carbons (Fsp3) is 0.917. The smallest absolute Gasteiger partial charge is 0.0807 e. The lowest BCUT2D eigenvalue weighted by molar-refractivity contribution is 0.0152. The quantitative estimate of drug-likeness (QED) is 0.690. The first-order valence-electron chi connectivity index (χ1n) is 5.88. The fourth-order valence-electron chi connectivity index (χ4n) is 2.67. The van der Waals surface area contributed by atoms with Gasteiger partial charge in [-0.25, -0.2) is 0 Å². The van der Waals surface area contributed by atoms with Gasteiger partial charge < -0.3 is 4.74 Å². The summed E-state index contributed by atoms with van der Waals surface area (Å²) in [7, 11) is 0. The van der Waals surface area contributed by atoms with E-state index in [2.05, 4.69) is 6.07 Å². The molecule has 2 aliphatic rings. The van der Waals surface area contributed by atoms with E-state index in [1.54, 1.807) is 0 Å². The van der Waals surface area contributed by atoms with E-state index in [1.165, 1.54) is 38.5 Å². The highest BCUT2D eigenvalue weighted by Crippen LogP contribution is 2.38. The van der Waals surface area contributed by atoms with Gasteiger partial charge in [0.1, 0.15) is 0 Å². The molecule has 0 amide bonds. The highest BCUT2D eigenvalue weighted by Gasteiger charge is 2.35. The van der Waals surface area contributed by atoms with E-state index in [1.807, 2.05) is 0 Å². The van der Waals surface area contributed by atoms with E-state index in [0.29, 0.717) is 12.7 Å². The summed E-state index contributed by atoms with van der Waals surface area (Å²) in [5.74, 6) is 0. The lowest BCUT2D eigenvalue weighted by atomic mass is 9.89. The maximum atomic E-state index is 9.16. The number of ether oxygens (including phenoxy) is 1. The fourth-order valence-corrected chi connectivity index (χ4v) is 2.67. The Labute approximate surface area is 86.2 Å². The maximum Gasteiger partial charge on any atom is 0.0807 e. The predicted octanol–water partition coefficient (Wildman–Crippen LogP) is 3.03. The van der Waals surface area contributed by atoms with Crippen LogP contribution in [0, 0.1) is 16.7 Å². The minimum atomic E-state index is -0.122. The molecule has 0 aromatic rings. The molecule has 0 aromatic carbocycles. The molecule has 2 saturated carbocycles. The average molecular weight is 193 g/mol. The Bertz CT molecular complexity index is 219. The van der Waals surface area contributed by atoms with Gasteiger partial charge in [-0.05, 0) is 25.7 Å². The van der Waals surface area contributed by atoms with Crippen molar-refractivity contribution in [2.75, 3.05) is 6.61 Å². The zero-order valence-corrected chi connectivity index (χ0v) is 8.80. The third-order valence-electron chi connectivity index (χ3n) is 3.70. The van der Waals surface area contributed by atoms with Crippen LogP contribution in [0.5, 0.6) is 0 Å². The van der Waals surface area contributed by atoms with Crippen molar-refractivity contribution >= 4 is 0 Å². The molecule has 0 radical (unpaired) electrons. The molecule has 2 heteroatoms. The summed E-state index contributed by atoms with van der Waals surface area (Å²) in [6.45, 7) is 0.689. The second kappa shape index (κ2) is 4.31. The van der Waals surface area contributed by atoms with Crippen LogP contribution in [-0.4, -0.2) is 12.7 Å². The summed E-state index contributed by atoms with van der Waals surface area (Å²) in [6, 6.07) is 2.48. The minimum Gasteiger partial charge on any atom is -0.377 e. The van der Waals surface area contributed by atoms with Gasteiger partial charge in [0.2, 0.25) is 0 Å². The van der Waals surface area contributed by atoms with E-state index < -0.39 is 0 Å². The van der Waals surface area contributed by atoms with Gasteiger partial charge in [-0.3, -0.25) is 0 Å². The maximum absolute atomic E-state index is 9.16. The summed E-state index contributed by atoms with van der Waals surface area (Å²) in [5.41, 5.74) is -0.122. The van der Waals surface area contributed by atoms with Crippen LogP contribution >= 0.6 is 0 Å². The lowest BCUT2D eigenvalue weighted by Crippen LogP contribution is -2.24. The van der Waals surface area contributed by atoms with Gasteiger partial charge in [-0.1, -0.05) is 25.7 Å². The molecular weight excluding hydrogens is 174 g/mol. The molecule has 2 rings (SSSR count). The van der Waals surface area contributed by atoms with Gasteiger partial charge in [0.15, 0.2) is 0 Å². The van der Waals surface area contributed by atoms with Gasteiger partial charge in [0, 0.05) is 0 Å². The topological polar surface area (TPSA) is 33.0 Å². The van der Waals surface area contributed by atoms with Gasteiger partial charge in [0.05, 0.1) is 24.2 Å². The van der Waals surface area contributed by atoms with E-state index in [-0.39, 0.29) is 5.41 Å². The van der Waals surface area contributed by atoms with Crippen LogP contribution in [0.2, 0.25) is 0 Å². The SMILES string of the molecule is N#CC1(COC2CCCC2)CCCC1. The van der Waals surface area contributed by atoms with Crippen molar-refractivity contribution in [3.63, 3.8) is 0 Å². The highest BCUT2D eigenvalue weighted by atomic mass is 16.5. The van der Waals surface area contributed by atoms with Gasteiger partial charge in [-0.15, -0.1) is 0 Å². The lowest BCUT2D eigenvalue weighted by Gasteiger charge is -2.22. The number of nitrogens with zero attached hydrogens (tertiary/aromatic N) is 1. The Hall–Kier alpha value is -0.550. The summed E-state index contributed by atoms with van der Waals surface area (Å²) < 4.78 is 5.86. The molecule has 0 unspecified atom stereocenters. The van der Waals surface area contributed by atoms with Crippen LogP contribution in [-0.2, 0) is 4.74 Å². The van der Waals surface area contributed by atoms with Crippen LogP contribution in [0.15, 0.2) is 0 Å². The first-order chi connectivity index (χ1) is 6.85. The molecule has 0 aliphatic heterocycles. The van der Waals surface area contributed by atoms with Crippen LogP contribution in [0.1, 0.15) is 51.4 Å². The average Bonchev–Trinajstić information content (AvgIpc) is 2.87. The molecule has 0 spiro atoms. The summed E-state index contributed by atoms with van der Waals surface area (Å²) in [5, 5.41) is 9.16. The van der Waals surface area contributed by atoms with Crippen molar-refractivity contribution in [3.05, 3.63) is 0 Å². The van der Waals surface area contributed by atoms with Crippen molar-refractivity contribution in [3.8, 4) is 6.07 Å². The molecule has 0 saturated heterocycles. The number of nitriles is 1. The van der Waals surface area contributed by atoms with Gasteiger partial charge in [0.25, 0.3) is 0 Å². The second-order valence-corrected chi connectivity index (χ2v) is 4.82. The van der Waals surface area contributed by atoms with Crippen molar-refractivity contribution in [2.45, 2.75) is 57.5 Å². The molecule has 2 nitrogen and oxygen atoms in total. The second-order valence-electron chi connectivity index (χ2n) is 4.82. The molecular formula is C12H19NO. The van der Waals surface area contributed by atoms with E-state index in [0.717, 1.165) is 12.8 Å². The zero-order chi connectivity index (χ0) is 9.86. The van der Waals surface area contributed by atoms with Crippen LogP contribution in [0.4, 0.5) is 0 Å². The van der Waals surface area contributed by atoms with Crippen LogP contribution in [0.3, 0.4) is 0 Å². The monoisotopic (exact) mass is 193 g/mol. The molecule has 0 N–H and O–H groups in total. The first kappa shape index (κ1) is 9.98. The number of rotatable bonds is 3. The van der Waals surface area contributed by atoms with Crippen molar-refractivity contribution in [1.29, 1.82) is 5.26 Å². The summed E-state index contributed by atoms with van der Waals surface area (Å²) in [6.07, 6.45) is 10.0. The Morgan fingerprint density at radius 2 is 1.79 bits per heavy atom. The number of hydrogen-bond donors (Lipinski definition) is 0. The van der Waals surface area contributed by atoms with E-state index in [9.17, 15) is 0 Å². The molecule has 0 heterocycles. The largest absolute Gasteiger partial charge is 0.377 e. The molecule has 2 aliphatic carbocycles. The number of hydrogen-bond acceptors (Lipinski definition) is 2. The molecule has 0 bridgehead atoms. The third-order valence-corrected chi connectivity index (χ3v) is 3.70. The minimum absolute atomic E-state index is 0.122. The van der Waals surface area contributed by atoms with Crippen molar-refractivity contribution in [1.82, 2.24) is 0 Å². The molecule has 0 aromatic heterocycles. The summed E-state index contributed by atoms with van der Waals surface area (Å²) in [4.78, 5) is 0. The normalized spacial score (nSPS) is 26.5. The van der Waals surface area contributed by atoms with Crippen molar-refractivity contribution in [2.24, 2.45) is 5.41 Å². The van der Waals surface area contributed by atoms with Gasteiger partial charge >= 0.3 is 0 Å². The molecule has 78 valence electrons. The van der Waals surface area contributed by atoms with Gasteiger partial charge in [-0.2, -0.15) is 5.26 Å². The van der Waals surface area contributed by atoms with E-state index in [4.69, 9.17) is 10.00 Å². The Morgan fingerprint density at radius 3 is 2.36 bits per heavy atom. The molecule has 2 fully saturated rings. The zero-order valence-electron chi connectivity index (χ0n) is 8.80. The standard InChI is InChI=1S/C12H19NO/c13-9-12(7-3-4-8-12)10-14-11-5-1-2-6-11/h11H,1-8,10H2. The van der Waals surface area contributed by atoms with Crippen LogP contribution < -0.4 is 0 Å². The summed E-state index contributed by atoms with van der Waals surface area (Å²) >= 11 is 0. The molecule has 14 heavy (non-hydrogen) atoms. The third kappa shape index (κ3) is 2.09. The van der Waals surface area contributed by atoms with E-state index >= 15 is 0 Å². The van der Waals surface area contributed by atoms with Crippen LogP contribution in [0.25, 0.3) is 0 Å². The Morgan fingerprint density at radius 1 is 1.14 bits per heavy atom. The highest BCUT2D eigenvalue weighted by molar-refractivity contribution is 5.02. The first-order valence-corrected chi connectivity index (χ1v) is 5.88. The molecule has 0 atom stereocenters. The Balaban J connectivity index is 1.80. The predicted molar refractivity (Wildman–Crippen MR) is 54.7 cm³/mol. The van der Waals surface area contributed by atoms with Crippen molar-refractivity contribution < 1.29 is 4.74 Å². The Kier molecular flexibility index (Phi) is 3.08.